The molecule has 0 aromatic carbocycles. The second-order valence-electron chi connectivity index (χ2n) is 3.97. The molecule has 1 atom stereocenters. The molecule has 1 unspecified atom stereocenters. The highest BCUT2D eigenvalue weighted by Crippen LogP contribution is 2.24. The summed E-state index contributed by atoms with van der Waals surface area (Å²) < 4.78 is 24.6. The summed E-state index contributed by atoms with van der Waals surface area (Å²) in [5.41, 5.74) is 0. The number of nitrogens with zero attached hydrogens (tertiary/aromatic N) is 1. The molecule has 0 amide bonds. The number of alkyl halides is 2. The van der Waals surface area contributed by atoms with Crippen LogP contribution in [0, 0.1) is 5.92 Å². The molecule has 0 radical (unpaired) electrons. The minimum absolute atomic E-state index is 0.347. The van der Waals surface area contributed by atoms with E-state index in [2.05, 4.69) is 18.7 Å². The Labute approximate surface area is 79.1 Å². The zero-order chi connectivity index (χ0) is 9.84. The summed E-state index contributed by atoms with van der Waals surface area (Å²) in [5, 5.41) is 0. The lowest BCUT2D eigenvalue weighted by molar-refractivity contribution is 0.0260. The van der Waals surface area contributed by atoms with Crippen LogP contribution in [0.4, 0.5) is 8.78 Å². The first-order valence-corrected chi connectivity index (χ1v) is 5.17. The van der Waals surface area contributed by atoms with E-state index in [9.17, 15) is 8.78 Å². The molecule has 1 aliphatic rings. The summed E-state index contributed by atoms with van der Waals surface area (Å²) >= 11 is 0. The van der Waals surface area contributed by atoms with Gasteiger partial charge in [-0.2, -0.15) is 0 Å². The van der Waals surface area contributed by atoms with E-state index in [0.717, 1.165) is 19.5 Å². The van der Waals surface area contributed by atoms with Gasteiger partial charge in [-0.25, -0.2) is 8.78 Å². The van der Waals surface area contributed by atoms with Gasteiger partial charge in [0.05, 0.1) is 0 Å². The van der Waals surface area contributed by atoms with Gasteiger partial charge in [0.15, 0.2) is 0 Å². The highest BCUT2D eigenvalue weighted by atomic mass is 19.3. The molecule has 78 valence electrons. The van der Waals surface area contributed by atoms with Crippen molar-refractivity contribution in [1.29, 1.82) is 0 Å². The van der Waals surface area contributed by atoms with Crippen molar-refractivity contribution < 1.29 is 8.78 Å². The molecule has 0 bridgehead atoms. The van der Waals surface area contributed by atoms with Crippen LogP contribution < -0.4 is 0 Å². The van der Waals surface area contributed by atoms with E-state index in [1.807, 2.05) is 0 Å². The van der Waals surface area contributed by atoms with Crippen LogP contribution >= 0.6 is 0 Å². The fraction of sp³-hybridized carbons (Fsp3) is 1.00. The molecule has 13 heavy (non-hydrogen) atoms. The maximum absolute atomic E-state index is 12.3. The van der Waals surface area contributed by atoms with Crippen molar-refractivity contribution >= 4 is 0 Å². The highest BCUT2D eigenvalue weighted by molar-refractivity contribution is 4.76. The molecule has 1 aliphatic heterocycles. The van der Waals surface area contributed by atoms with Crippen LogP contribution in [-0.2, 0) is 0 Å². The van der Waals surface area contributed by atoms with Crippen LogP contribution in [0.1, 0.15) is 33.1 Å². The van der Waals surface area contributed by atoms with Gasteiger partial charge in [0.25, 0.3) is 0 Å². The molecule has 0 aromatic rings. The predicted octanol–water partition coefficient (Wildman–Crippen LogP) is 2.76. The molecule has 1 nitrogen and oxygen atoms in total. The number of rotatable bonds is 3. The minimum atomic E-state index is -2.11. The van der Waals surface area contributed by atoms with E-state index < -0.39 is 6.43 Å². The Hall–Kier alpha value is -0.180. The molecule has 3 heteroatoms. The number of hydrogen-bond acceptors (Lipinski definition) is 1. The Balaban J connectivity index is 2.30. The lowest BCUT2D eigenvalue weighted by Gasteiger charge is -2.35. The second-order valence-corrected chi connectivity index (χ2v) is 3.97. The van der Waals surface area contributed by atoms with Crippen LogP contribution in [0.3, 0.4) is 0 Å². The molecule has 0 aromatic heterocycles. The molecule has 1 rings (SSSR count). The summed E-state index contributed by atoms with van der Waals surface area (Å²) in [4.78, 5) is 2.32. The van der Waals surface area contributed by atoms with Crippen molar-refractivity contribution in [3.05, 3.63) is 0 Å². The first-order chi connectivity index (χ1) is 6.15. The normalized spacial score (nSPS) is 23.8. The maximum atomic E-state index is 12.3. The van der Waals surface area contributed by atoms with Gasteiger partial charge in [-0.05, 0) is 39.3 Å². The third-order valence-corrected chi connectivity index (χ3v) is 3.14. The van der Waals surface area contributed by atoms with E-state index in [0.29, 0.717) is 18.9 Å². The monoisotopic (exact) mass is 191 g/mol. The lowest BCUT2D eigenvalue weighted by Crippen LogP contribution is -2.40. The highest BCUT2D eigenvalue weighted by Gasteiger charge is 2.27. The Morgan fingerprint density at radius 1 is 1.31 bits per heavy atom. The first kappa shape index (κ1) is 10.9. The minimum Gasteiger partial charge on any atom is -0.301 e. The summed E-state index contributed by atoms with van der Waals surface area (Å²) in [7, 11) is 0. The van der Waals surface area contributed by atoms with Crippen molar-refractivity contribution in [2.75, 3.05) is 13.1 Å². The molecule has 0 N–H and O–H groups in total. The fourth-order valence-corrected chi connectivity index (χ4v) is 1.87. The lowest BCUT2D eigenvalue weighted by atomic mass is 9.96. The van der Waals surface area contributed by atoms with Gasteiger partial charge in [-0.3, -0.25) is 0 Å². The molecule has 0 aliphatic carbocycles. The molecule has 0 saturated carbocycles. The number of halogens is 2. The van der Waals surface area contributed by atoms with Gasteiger partial charge in [-0.15, -0.1) is 0 Å². The van der Waals surface area contributed by atoms with E-state index in [4.69, 9.17) is 0 Å². The SMILES string of the molecule is CCC(C)N1CCC(C(F)F)CC1. The van der Waals surface area contributed by atoms with Gasteiger partial charge in [0.2, 0.25) is 6.43 Å². The van der Waals surface area contributed by atoms with Crippen molar-refractivity contribution in [1.82, 2.24) is 4.90 Å². The standard InChI is InChI=1S/C10H19F2N/c1-3-8(2)13-6-4-9(5-7-13)10(11)12/h8-10H,3-7H2,1-2H3. The Bertz CT molecular complexity index is 142. The molecular weight excluding hydrogens is 172 g/mol. The molecule has 0 spiro atoms. The Morgan fingerprint density at radius 2 is 1.85 bits per heavy atom. The zero-order valence-corrected chi connectivity index (χ0v) is 8.47. The topological polar surface area (TPSA) is 3.24 Å². The van der Waals surface area contributed by atoms with E-state index in [-0.39, 0.29) is 5.92 Å². The van der Waals surface area contributed by atoms with Crippen molar-refractivity contribution in [3.63, 3.8) is 0 Å². The summed E-state index contributed by atoms with van der Waals surface area (Å²) in [6.45, 7) is 6.01. The van der Waals surface area contributed by atoms with Crippen LogP contribution in [0.5, 0.6) is 0 Å². The van der Waals surface area contributed by atoms with Crippen LogP contribution in [0.15, 0.2) is 0 Å². The van der Waals surface area contributed by atoms with E-state index in [1.165, 1.54) is 0 Å². The van der Waals surface area contributed by atoms with Crippen LogP contribution in [0.25, 0.3) is 0 Å². The summed E-state index contributed by atoms with van der Waals surface area (Å²) in [6, 6.07) is 0.554. The average Bonchev–Trinajstić information content (AvgIpc) is 2.17. The average molecular weight is 191 g/mol. The number of piperidine rings is 1. The molecule has 1 fully saturated rings. The largest absolute Gasteiger partial charge is 0.301 e. The van der Waals surface area contributed by atoms with Crippen molar-refractivity contribution in [2.45, 2.75) is 45.6 Å². The quantitative estimate of drug-likeness (QED) is 0.663. The maximum Gasteiger partial charge on any atom is 0.241 e. The van der Waals surface area contributed by atoms with Crippen LogP contribution in [-0.4, -0.2) is 30.5 Å². The van der Waals surface area contributed by atoms with Crippen LogP contribution in [0.2, 0.25) is 0 Å². The fourth-order valence-electron chi connectivity index (χ4n) is 1.87. The van der Waals surface area contributed by atoms with Gasteiger partial charge in [0.1, 0.15) is 0 Å². The second kappa shape index (κ2) is 4.89. The smallest absolute Gasteiger partial charge is 0.241 e. The Kier molecular flexibility index (Phi) is 4.10. The van der Waals surface area contributed by atoms with E-state index >= 15 is 0 Å². The Morgan fingerprint density at radius 3 is 2.23 bits per heavy atom. The summed E-state index contributed by atoms with van der Waals surface area (Å²) in [6.07, 6.45) is 0.336. The molecule has 1 heterocycles. The number of hydrogen-bond donors (Lipinski definition) is 0. The molecular formula is C10H19F2N. The first-order valence-electron chi connectivity index (χ1n) is 5.17. The molecule has 1 saturated heterocycles. The van der Waals surface area contributed by atoms with Gasteiger partial charge in [-0.1, -0.05) is 6.92 Å². The van der Waals surface area contributed by atoms with Gasteiger partial charge < -0.3 is 4.90 Å². The number of likely N-dealkylation sites (tertiary alicyclic amines) is 1. The predicted molar refractivity (Wildman–Crippen MR) is 50.1 cm³/mol. The zero-order valence-electron chi connectivity index (χ0n) is 8.47. The third kappa shape index (κ3) is 2.90. The van der Waals surface area contributed by atoms with Gasteiger partial charge >= 0.3 is 0 Å². The van der Waals surface area contributed by atoms with Crippen molar-refractivity contribution in [2.24, 2.45) is 5.92 Å². The summed E-state index contributed by atoms with van der Waals surface area (Å²) in [5.74, 6) is -0.347. The van der Waals surface area contributed by atoms with Crippen molar-refractivity contribution in [3.8, 4) is 0 Å². The third-order valence-electron chi connectivity index (χ3n) is 3.14. The van der Waals surface area contributed by atoms with E-state index in [1.54, 1.807) is 0 Å². The van der Waals surface area contributed by atoms with Gasteiger partial charge in [0, 0.05) is 12.0 Å².